The van der Waals surface area contributed by atoms with Crippen molar-refractivity contribution in [3.8, 4) is 0 Å². The molecule has 0 aliphatic heterocycles. The normalized spacial score (nSPS) is 12.0. The number of hydrazone groups is 1. The molecule has 0 fully saturated rings. The van der Waals surface area contributed by atoms with E-state index in [1.165, 1.54) is 0 Å². The van der Waals surface area contributed by atoms with Crippen molar-refractivity contribution >= 4 is 49.7 Å². The van der Waals surface area contributed by atoms with Gasteiger partial charge in [0.25, 0.3) is 5.95 Å². The number of aromatic amines is 1. The van der Waals surface area contributed by atoms with E-state index in [0.29, 0.717) is 11.6 Å². The molecule has 6 nitrogen and oxygen atoms in total. The van der Waals surface area contributed by atoms with Gasteiger partial charge in [0.2, 0.25) is 0 Å². The number of halogens is 1. The lowest BCUT2D eigenvalue weighted by molar-refractivity contribution is 1.01. The Bertz CT molecular complexity index is 1050. The van der Waals surface area contributed by atoms with Crippen LogP contribution in [0.5, 0.6) is 0 Å². The molecule has 0 saturated carbocycles. The Balaban J connectivity index is 1.63. The summed E-state index contributed by atoms with van der Waals surface area (Å²) in [7, 11) is 0. The number of nitrogens with zero attached hydrogens (tertiary/aromatic N) is 4. The molecule has 118 valence electrons. The first-order valence-electron chi connectivity index (χ1n) is 7.38. The monoisotopic (exact) mass is 380 g/mol. The molecule has 4 rings (SSSR count). The van der Waals surface area contributed by atoms with Gasteiger partial charge in [0.15, 0.2) is 5.65 Å². The zero-order valence-electron chi connectivity index (χ0n) is 12.8. The molecule has 2 aromatic carbocycles. The number of hydrogen-bond acceptors (Lipinski definition) is 5. The molecule has 0 amide bonds. The summed E-state index contributed by atoms with van der Waals surface area (Å²) >= 11 is 3.42. The number of H-pyrrole nitrogens is 1. The molecule has 0 bridgehead atoms. The molecular formula is C17H13BrN6. The van der Waals surface area contributed by atoms with Crippen molar-refractivity contribution in [2.75, 3.05) is 5.43 Å². The van der Waals surface area contributed by atoms with Crippen LogP contribution in [-0.4, -0.2) is 25.9 Å². The number of para-hydroxylation sites is 1. The number of anilines is 1. The van der Waals surface area contributed by atoms with E-state index in [0.717, 1.165) is 32.2 Å². The van der Waals surface area contributed by atoms with Crippen LogP contribution in [0.15, 0.2) is 58.1 Å². The predicted molar refractivity (Wildman–Crippen MR) is 99.2 cm³/mol. The Morgan fingerprint density at radius 3 is 2.71 bits per heavy atom. The summed E-state index contributed by atoms with van der Waals surface area (Å²) in [5.74, 6) is 0.352. The average molecular weight is 381 g/mol. The Labute approximate surface area is 146 Å². The van der Waals surface area contributed by atoms with Gasteiger partial charge in [-0.15, -0.1) is 10.2 Å². The molecule has 0 unspecified atom stereocenters. The molecule has 0 atom stereocenters. The lowest BCUT2D eigenvalue weighted by Gasteiger charge is -2.02. The second-order valence-electron chi connectivity index (χ2n) is 5.32. The largest absolute Gasteiger partial charge is 0.338 e. The SMILES string of the molecule is C/C(=N\Nc1nnc2c(n1)[nH]c1ccccc12)c1ccc(Br)cc1. The summed E-state index contributed by atoms with van der Waals surface area (Å²) in [6.07, 6.45) is 0. The molecule has 0 radical (unpaired) electrons. The van der Waals surface area contributed by atoms with Crippen LogP contribution in [0.3, 0.4) is 0 Å². The fourth-order valence-electron chi connectivity index (χ4n) is 2.46. The Hall–Kier alpha value is -2.80. The molecule has 0 spiro atoms. The molecule has 0 aliphatic rings. The van der Waals surface area contributed by atoms with Crippen LogP contribution in [0.1, 0.15) is 12.5 Å². The maximum atomic E-state index is 4.44. The molecule has 24 heavy (non-hydrogen) atoms. The van der Waals surface area contributed by atoms with Gasteiger partial charge in [-0.25, -0.2) is 5.43 Å². The fraction of sp³-hybridized carbons (Fsp3) is 0.0588. The molecule has 2 N–H and O–H groups in total. The number of aromatic nitrogens is 4. The third-order valence-electron chi connectivity index (χ3n) is 3.71. The highest BCUT2D eigenvalue weighted by Gasteiger charge is 2.08. The summed E-state index contributed by atoms with van der Waals surface area (Å²) in [5, 5.41) is 13.7. The minimum Gasteiger partial charge on any atom is -0.338 e. The first kappa shape index (κ1) is 14.8. The Morgan fingerprint density at radius 2 is 1.88 bits per heavy atom. The van der Waals surface area contributed by atoms with E-state index in [2.05, 4.69) is 46.6 Å². The topological polar surface area (TPSA) is 78.8 Å². The molecular weight excluding hydrogens is 368 g/mol. The zero-order valence-corrected chi connectivity index (χ0v) is 14.4. The number of rotatable bonds is 3. The van der Waals surface area contributed by atoms with E-state index >= 15 is 0 Å². The van der Waals surface area contributed by atoms with Crippen molar-refractivity contribution in [2.24, 2.45) is 5.10 Å². The number of hydrogen-bond donors (Lipinski definition) is 2. The van der Waals surface area contributed by atoms with Crippen molar-refractivity contribution in [3.05, 3.63) is 58.6 Å². The van der Waals surface area contributed by atoms with Crippen LogP contribution < -0.4 is 5.43 Å². The molecule has 7 heteroatoms. The first-order valence-corrected chi connectivity index (χ1v) is 8.17. The molecule has 0 aliphatic carbocycles. The van der Waals surface area contributed by atoms with Gasteiger partial charge in [-0.05, 0) is 30.7 Å². The number of benzene rings is 2. The van der Waals surface area contributed by atoms with Gasteiger partial charge in [0.05, 0.1) is 5.71 Å². The van der Waals surface area contributed by atoms with Crippen LogP contribution in [0.2, 0.25) is 0 Å². The molecule has 2 heterocycles. The van der Waals surface area contributed by atoms with Gasteiger partial charge < -0.3 is 4.98 Å². The number of fused-ring (bicyclic) bond motifs is 3. The Morgan fingerprint density at radius 1 is 1.08 bits per heavy atom. The van der Waals surface area contributed by atoms with E-state index in [4.69, 9.17) is 0 Å². The smallest absolute Gasteiger partial charge is 0.265 e. The second kappa shape index (κ2) is 6.01. The van der Waals surface area contributed by atoms with Gasteiger partial charge in [-0.3, -0.25) is 0 Å². The van der Waals surface area contributed by atoms with Crippen molar-refractivity contribution in [3.63, 3.8) is 0 Å². The molecule has 0 saturated heterocycles. The second-order valence-corrected chi connectivity index (χ2v) is 6.23. The van der Waals surface area contributed by atoms with Crippen LogP contribution >= 0.6 is 15.9 Å². The van der Waals surface area contributed by atoms with Gasteiger partial charge in [0, 0.05) is 15.4 Å². The van der Waals surface area contributed by atoms with Gasteiger partial charge in [0.1, 0.15) is 5.52 Å². The number of nitrogens with one attached hydrogen (secondary N) is 2. The standard InChI is InChI=1S/C17H13BrN6/c1-10(11-6-8-12(18)9-7-11)21-23-17-20-16-15(22-24-17)13-4-2-3-5-14(13)19-16/h2-9H,1H3,(H2,19,20,23,24)/b21-10+. The summed E-state index contributed by atoms with van der Waals surface area (Å²) in [5.41, 5.74) is 7.15. The maximum absolute atomic E-state index is 4.44. The van der Waals surface area contributed by atoms with Gasteiger partial charge in [-0.1, -0.05) is 46.3 Å². The molecule has 4 aromatic rings. The highest BCUT2D eigenvalue weighted by molar-refractivity contribution is 9.10. The van der Waals surface area contributed by atoms with Crippen molar-refractivity contribution in [1.29, 1.82) is 0 Å². The minimum absolute atomic E-state index is 0.352. The summed E-state index contributed by atoms with van der Waals surface area (Å²) in [6.45, 7) is 1.92. The van der Waals surface area contributed by atoms with E-state index in [1.54, 1.807) is 0 Å². The zero-order chi connectivity index (χ0) is 16.5. The van der Waals surface area contributed by atoms with Crippen LogP contribution in [-0.2, 0) is 0 Å². The highest BCUT2D eigenvalue weighted by Crippen LogP contribution is 2.21. The first-order chi connectivity index (χ1) is 11.7. The van der Waals surface area contributed by atoms with E-state index in [-0.39, 0.29) is 0 Å². The molecule has 2 aromatic heterocycles. The Kier molecular flexibility index (Phi) is 3.70. The average Bonchev–Trinajstić information content (AvgIpc) is 2.98. The lowest BCUT2D eigenvalue weighted by Crippen LogP contribution is -2.03. The summed E-state index contributed by atoms with van der Waals surface area (Å²) in [6, 6.07) is 15.8. The van der Waals surface area contributed by atoms with Gasteiger partial charge in [-0.2, -0.15) is 10.1 Å². The maximum Gasteiger partial charge on any atom is 0.265 e. The third kappa shape index (κ3) is 2.74. The van der Waals surface area contributed by atoms with Crippen molar-refractivity contribution < 1.29 is 0 Å². The van der Waals surface area contributed by atoms with Crippen LogP contribution in [0.4, 0.5) is 5.95 Å². The predicted octanol–water partition coefficient (Wildman–Crippen LogP) is 4.10. The highest BCUT2D eigenvalue weighted by atomic mass is 79.9. The summed E-state index contributed by atoms with van der Waals surface area (Å²) in [4.78, 5) is 7.67. The van der Waals surface area contributed by atoms with E-state index in [9.17, 15) is 0 Å². The van der Waals surface area contributed by atoms with E-state index in [1.807, 2.05) is 55.5 Å². The van der Waals surface area contributed by atoms with Crippen LogP contribution in [0.25, 0.3) is 22.1 Å². The lowest BCUT2D eigenvalue weighted by atomic mass is 10.1. The minimum atomic E-state index is 0.352. The van der Waals surface area contributed by atoms with Gasteiger partial charge >= 0.3 is 0 Å². The summed E-state index contributed by atoms with van der Waals surface area (Å²) < 4.78 is 1.03. The van der Waals surface area contributed by atoms with E-state index < -0.39 is 0 Å². The third-order valence-corrected chi connectivity index (χ3v) is 4.24. The van der Waals surface area contributed by atoms with Crippen LogP contribution in [0, 0.1) is 0 Å². The fourth-order valence-corrected chi connectivity index (χ4v) is 2.72. The van der Waals surface area contributed by atoms with Crippen molar-refractivity contribution in [2.45, 2.75) is 6.92 Å². The van der Waals surface area contributed by atoms with Crippen molar-refractivity contribution in [1.82, 2.24) is 20.2 Å². The quantitative estimate of drug-likeness (QED) is 0.414.